The van der Waals surface area contributed by atoms with Crippen molar-refractivity contribution in [3.8, 4) is 17.1 Å². The van der Waals surface area contributed by atoms with Crippen molar-refractivity contribution in [2.24, 2.45) is 5.92 Å². The SMILES string of the molecule is CC(C)Cc1ccc(Cc2c(O[C@@H]3O[C@H](CO)[C@@H](O)[C@H](O)[C@H]3O)n[nH]c2-c2ccccc2)cc1. The van der Waals surface area contributed by atoms with Gasteiger partial charge in [-0.15, -0.1) is 5.10 Å². The zero-order valence-electron chi connectivity index (χ0n) is 19.3. The van der Waals surface area contributed by atoms with Gasteiger partial charge in [0.1, 0.15) is 24.4 Å². The van der Waals surface area contributed by atoms with Crippen LogP contribution in [0.5, 0.6) is 5.88 Å². The molecule has 5 atom stereocenters. The third-order valence-corrected chi connectivity index (χ3v) is 6.02. The fourth-order valence-electron chi connectivity index (χ4n) is 4.20. The van der Waals surface area contributed by atoms with Crippen LogP contribution in [0.4, 0.5) is 0 Å². The van der Waals surface area contributed by atoms with Crippen LogP contribution in [0, 0.1) is 5.92 Å². The highest BCUT2D eigenvalue weighted by Gasteiger charge is 2.45. The molecule has 0 aliphatic carbocycles. The van der Waals surface area contributed by atoms with Crippen molar-refractivity contribution < 1.29 is 29.9 Å². The maximum absolute atomic E-state index is 10.4. The maximum atomic E-state index is 10.4. The highest BCUT2D eigenvalue weighted by molar-refractivity contribution is 5.66. The second-order valence-electron chi connectivity index (χ2n) is 9.15. The summed E-state index contributed by atoms with van der Waals surface area (Å²) in [6.45, 7) is 3.85. The van der Waals surface area contributed by atoms with Crippen molar-refractivity contribution in [3.05, 3.63) is 71.3 Å². The molecule has 182 valence electrons. The van der Waals surface area contributed by atoms with Gasteiger partial charge < -0.3 is 29.9 Å². The lowest BCUT2D eigenvalue weighted by atomic mass is 9.97. The summed E-state index contributed by atoms with van der Waals surface area (Å²) >= 11 is 0. The van der Waals surface area contributed by atoms with E-state index in [1.165, 1.54) is 5.56 Å². The number of H-pyrrole nitrogens is 1. The number of hydrogen-bond donors (Lipinski definition) is 5. The number of rotatable bonds is 8. The Labute approximate surface area is 198 Å². The molecule has 1 saturated heterocycles. The second kappa shape index (κ2) is 10.7. The van der Waals surface area contributed by atoms with Crippen LogP contribution in [-0.2, 0) is 17.6 Å². The van der Waals surface area contributed by atoms with Crippen molar-refractivity contribution >= 4 is 0 Å². The van der Waals surface area contributed by atoms with Gasteiger partial charge in [0.25, 0.3) is 0 Å². The molecule has 0 bridgehead atoms. The molecule has 1 aromatic heterocycles. The second-order valence-corrected chi connectivity index (χ2v) is 9.15. The molecule has 0 unspecified atom stereocenters. The van der Waals surface area contributed by atoms with Crippen LogP contribution < -0.4 is 4.74 Å². The summed E-state index contributed by atoms with van der Waals surface area (Å²) in [5.41, 5.74) is 4.79. The molecule has 3 aromatic rings. The monoisotopic (exact) mass is 468 g/mol. The largest absolute Gasteiger partial charge is 0.443 e. The van der Waals surface area contributed by atoms with E-state index >= 15 is 0 Å². The number of ether oxygens (including phenoxy) is 2. The Morgan fingerprint density at radius 2 is 1.62 bits per heavy atom. The number of benzene rings is 2. The summed E-state index contributed by atoms with van der Waals surface area (Å²) in [5, 5.41) is 47.4. The van der Waals surface area contributed by atoms with Crippen LogP contribution in [0.15, 0.2) is 54.6 Å². The molecule has 8 nitrogen and oxygen atoms in total. The van der Waals surface area contributed by atoms with Crippen LogP contribution in [0.2, 0.25) is 0 Å². The lowest BCUT2D eigenvalue weighted by Crippen LogP contribution is -2.60. The minimum Gasteiger partial charge on any atom is -0.443 e. The lowest BCUT2D eigenvalue weighted by Gasteiger charge is -2.39. The fraction of sp³-hybridized carbons (Fsp3) is 0.423. The molecule has 5 N–H and O–H groups in total. The standard InChI is InChI=1S/C26H32N2O6/c1-15(2)12-16-8-10-17(11-9-16)13-19-21(18-6-4-3-5-7-18)27-28-25(19)34-26-24(32)23(31)22(30)20(14-29)33-26/h3-11,15,20,22-24,26,29-32H,12-14H2,1-2H3,(H,27,28)/t20-,22-,23+,24-,26+/m1/s1. The molecule has 1 fully saturated rings. The first-order valence-electron chi connectivity index (χ1n) is 11.5. The van der Waals surface area contributed by atoms with E-state index < -0.39 is 37.3 Å². The Hall–Kier alpha value is -2.75. The number of nitrogens with one attached hydrogen (secondary N) is 1. The van der Waals surface area contributed by atoms with Crippen LogP contribution in [0.25, 0.3) is 11.3 Å². The third-order valence-electron chi connectivity index (χ3n) is 6.02. The maximum Gasteiger partial charge on any atom is 0.239 e. The lowest BCUT2D eigenvalue weighted by molar-refractivity contribution is -0.278. The minimum absolute atomic E-state index is 0.217. The fourth-order valence-corrected chi connectivity index (χ4v) is 4.20. The van der Waals surface area contributed by atoms with E-state index in [-0.39, 0.29) is 5.88 Å². The van der Waals surface area contributed by atoms with Crippen molar-refractivity contribution in [2.75, 3.05) is 6.61 Å². The molecular weight excluding hydrogens is 436 g/mol. The third kappa shape index (κ3) is 5.32. The van der Waals surface area contributed by atoms with Gasteiger partial charge in [0.2, 0.25) is 12.2 Å². The van der Waals surface area contributed by atoms with Gasteiger partial charge in [-0.3, -0.25) is 5.10 Å². The molecule has 34 heavy (non-hydrogen) atoms. The summed E-state index contributed by atoms with van der Waals surface area (Å²) in [6, 6.07) is 18.1. The zero-order valence-corrected chi connectivity index (χ0v) is 19.3. The molecule has 0 radical (unpaired) electrons. The molecule has 4 rings (SSSR count). The summed E-state index contributed by atoms with van der Waals surface area (Å²) in [4.78, 5) is 0. The number of aliphatic hydroxyl groups is 4. The Bertz CT molecular complexity index is 1050. The van der Waals surface area contributed by atoms with Gasteiger partial charge in [0.05, 0.1) is 12.3 Å². The first kappa shape index (κ1) is 24.4. The first-order valence-corrected chi connectivity index (χ1v) is 11.5. The summed E-state index contributed by atoms with van der Waals surface area (Å²) in [5.74, 6) is 0.789. The van der Waals surface area contributed by atoms with E-state index in [1.807, 2.05) is 30.3 Å². The molecule has 1 aliphatic heterocycles. The van der Waals surface area contributed by atoms with Crippen molar-refractivity contribution in [3.63, 3.8) is 0 Å². The van der Waals surface area contributed by atoms with Crippen molar-refractivity contribution in [1.82, 2.24) is 10.2 Å². The normalized spacial score (nSPS) is 25.0. The Kier molecular flexibility index (Phi) is 7.65. The van der Waals surface area contributed by atoms with Crippen LogP contribution >= 0.6 is 0 Å². The van der Waals surface area contributed by atoms with Crippen LogP contribution in [0.3, 0.4) is 0 Å². The summed E-state index contributed by atoms with van der Waals surface area (Å²) < 4.78 is 11.4. The molecule has 8 heteroatoms. The van der Waals surface area contributed by atoms with Crippen LogP contribution in [-0.4, -0.2) is 67.9 Å². The van der Waals surface area contributed by atoms with Crippen molar-refractivity contribution in [1.29, 1.82) is 0 Å². The average Bonchev–Trinajstić information content (AvgIpc) is 3.22. The van der Waals surface area contributed by atoms with Gasteiger partial charge >= 0.3 is 0 Å². The smallest absolute Gasteiger partial charge is 0.239 e. The summed E-state index contributed by atoms with van der Waals surface area (Å²) in [6.07, 6.45) is -5.36. The van der Waals surface area contributed by atoms with Gasteiger partial charge in [0, 0.05) is 12.0 Å². The highest BCUT2D eigenvalue weighted by Crippen LogP contribution is 2.33. The number of aliphatic hydroxyl groups excluding tert-OH is 4. The predicted octanol–water partition coefficient (Wildman–Crippen LogP) is 2.04. The Morgan fingerprint density at radius 1 is 0.941 bits per heavy atom. The Balaban J connectivity index is 1.63. The van der Waals surface area contributed by atoms with E-state index in [9.17, 15) is 20.4 Å². The first-order chi connectivity index (χ1) is 16.4. The van der Waals surface area contributed by atoms with Gasteiger partial charge in [-0.25, -0.2) is 0 Å². The van der Waals surface area contributed by atoms with E-state index in [1.54, 1.807) is 0 Å². The van der Waals surface area contributed by atoms with Gasteiger partial charge in [-0.05, 0) is 29.0 Å². The average molecular weight is 469 g/mol. The highest BCUT2D eigenvalue weighted by atomic mass is 16.7. The number of nitrogens with zero attached hydrogens (tertiary/aromatic N) is 1. The Morgan fingerprint density at radius 3 is 2.26 bits per heavy atom. The molecule has 2 aromatic carbocycles. The summed E-state index contributed by atoms with van der Waals surface area (Å²) in [7, 11) is 0. The zero-order chi connectivity index (χ0) is 24.2. The molecule has 2 heterocycles. The van der Waals surface area contributed by atoms with E-state index in [2.05, 4.69) is 48.3 Å². The van der Waals surface area contributed by atoms with E-state index in [0.717, 1.165) is 28.8 Å². The molecule has 0 amide bonds. The topological polar surface area (TPSA) is 128 Å². The van der Waals surface area contributed by atoms with Gasteiger partial charge in [-0.2, -0.15) is 0 Å². The van der Waals surface area contributed by atoms with E-state index in [4.69, 9.17) is 9.47 Å². The predicted molar refractivity (Wildman–Crippen MR) is 126 cm³/mol. The number of aromatic nitrogens is 2. The van der Waals surface area contributed by atoms with Gasteiger partial charge in [0.15, 0.2) is 0 Å². The molecule has 0 saturated carbocycles. The van der Waals surface area contributed by atoms with E-state index in [0.29, 0.717) is 12.3 Å². The number of aromatic amines is 1. The molecular formula is C26H32N2O6. The van der Waals surface area contributed by atoms with Crippen LogP contribution in [0.1, 0.15) is 30.5 Å². The quantitative estimate of drug-likeness (QED) is 0.342. The molecule has 1 aliphatic rings. The number of hydrogen-bond acceptors (Lipinski definition) is 7. The van der Waals surface area contributed by atoms with Gasteiger partial charge in [-0.1, -0.05) is 68.4 Å². The van der Waals surface area contributed by atoms with Crippen molar-refractivity contribution in [2.45, 2.75) is 57.4 Å². The minimum atomic E-state index is -1.53. The molecule has 0 spiro atoms.